The quantitative estimate of drug-likeness (QED) is 0.686. The summed E-state index contributed by atoms with van der Waals surface area (Å²) in [6, 6.07) is 3.73. The van der Waals surface area contributed by atoms with Crippen molar-refractivity contribution in [3.63, 3.8) is 0 Å². The summed E-state index contributed by atoms with van der Waals surface area (Å²) >= 11 is 6.42. The van der Waals surface area contributed by atoms with Crippen LogP contribution >= 0.6 is 11.6 Å². The highest BCUT2D eigenvalue weighted by Crippen LogP contribution is 2.34. The van der Waals surface area contributed by atoms with Crippen LogP contribution in [0.4, 0.5) is 16.3 Å². The SMILES string of the molecule is CN1CCC(Nc2ncc(Cl)c(-c3cc(F)c4nc5n(c4c3)CCCN5C)n2)CC1. The van der Waals surface area contributed by atoms with Crippen LogP contribution < -0.4 is 10.2 Å². The van der Waals surface area contributed by atoms with Gasteiger partial charge in [-0.1, -0.05) is 11.6 Å². The maximum Gasteiger partial charge on any atom is 0.223 e. The van der Waals surface area contributed by atoms with Crippen LogP contribution in [-0.2, 0) is 6.54 Å². The molecule has 0 saturated carbocycles. The summed E-state index contributed by atoms with van der Waals surface area (Å²) in [5, 5.41) is 3.82. The molecule has 1 fully saturated rings. The molecule has 158 valence electrons. The molecule has 5 rings (SSSR count). The van der Waals surface area contributed by atoms with Crippen molar-refractivity contribution >= 4 is 34.5 Å². The minimum atomic E-state index is -0.364. The third kappa shape index (κ3) is 3.48. The van der Waals surface area contributed by atoms with Crippen LogP contribution in [0.1, 0.15) is 19.3 Å². The number of anilines is 2. The molecule has 0 radical (unpaired) electrons. The lowest BCUT2D eigenvalue weighted by atomic mass is 10.1. The monoisotopic (exact) mass is 429 g/mol. The highest BCUT2D eigenvalue weighted by Gasteiger charge is 2.23. The topological polar surface area (TPSA) is 62.1 Å². The molecular formula is C21H25ClFN7. The van der Waals surface area contributed by atoms with E-state index in [0.29, 0.717) is 33.8 Å². The molecule has 1 N–H and O–H groups in total. The van der Waals surface area contributed by atoms with Gasteiger partial charge in [0.25, 0.3) is 0 Å². The molecule has 2 aliphatic heterocycles. The van der Waals surface area contributed by atoms with Crippen LogP contribution in [0.15, 0.2) is 18.3 Å². The van der Waals surface area contributed by atoms with Crippen molar-refractivity contribution in [2.24, 2.45) is 0 Å². The Kier molecular flexibility index (Phi) is 4.99. The van der Waals surface area contributed by atoms with Crippen LogP contribution in [0, 0.1) is 5.82 Å². The first kappa shape index (κ1) is 19.5. The van der Waals surface area contributed by atoms with Crippen LogP contribution in [0.3, 0.4) is 0 Å². The van der Waals surface area contributed by atoms with Gasteiger partial charge in [-0.25, -0.2) is 19.3 Å². The fraction of sp³-hybridized carbons (Fsp3) is 0.476. The Morgan fingerprint density at radius 2 is 1.90 bits per heavy atom. The number of hydrogen-bond donors (Lipinski definition) is 1. The second-order valence-electron chi connectivity index (χ2n) is 8.28. The lowest BCUT2D eigenvalue weighted by molar-refractivity contribution is 0.263. The minimum Gasteiger partial charge on any atom is -0.351 e. The molecule has 1 aromatic carbocycles. The number of halogens is 2. The second kappa shape index (κ2) is 7.67. The van der Waals surface area contributed by atoms with E-state index in [1.54, 1.807) is 6.20 Å². The van der Waals surface area contributed by atoms with E-state index in [1.165, 1.54) is 6.07 Å². The van der Waals surface area contributed by atoms with E-state index in [0.717, 1.165) is 56.9 Å². The number of imidazole rings is 1. The molecular weight excluding hydrogens is 405 g/mol. The van der Waals surface area contributed by atoms with Gasteiger partial charge in [0.05, 0.1) is 22.4 Å². The standard InChI is InChI=1S/C21H25ClFN7/c1-28-8-4-14(5-9-28)25-20-24-12-15(22)18(26-20)13-10-16(23)19-17(11-13)30-7-3-6-29(2)21(30)27-19/h10-12,14H,3-9H2,1-2H3,(H,24,25,26). The normalized spacial score (nSPS) is 18.1. The molecule has 7 nitrogen and oxygen atoms in total. The predicted octanol–water partition coefficient (Wildman–Crippen LogP) is 3.63. The molecule has 4 heterocycles. The maximum absolute atomic E-state index is 15.0. The van der Waals surface area contributed by atoms with Crippen molar-refractivity contribution < 1.29 is 4.39 Å². The summed E-state index contributed by atoms with van der Waals surface area (Å²) in [7, 11) is 4.11. The van der Waals surface area contributed by atoms with Crippen LogP contribution in [0.5, 0.6) is 0 Å². The van der Waals surface area contributed by atoms with Crippen LogP contribution in [-0.4, -0.2) is 64.2 Å². The van der Waals surface area contributed by atoms with Crippen molar-refractivity contribution in [2.45, 2.75) is 31.8 Å². The van der Waals surface area contributed by atoms with Gasteiger partial charge in [-0.15, -0.1) is 0 Å². The average molecular weight is 430 g/mol. The molecule has 0 unspecified atom stereocenters. The largest absolute Gasteiger partial charge is 0.351 e. The highest BCUT2D eigenvalue weighted by atomic mass is 35.5. The molecule has 3 aromatic rings. The van der Waals surface area contributed by atoms with Gasteiger partial charge in [0, 0.05) is 31.7 Å². The molecule has 2 aromatic heterocycles. The van der Waals surface area contributed by atoms with Crippen molar-refractivity contribution in [3.8, 4) is 11.3 Å². The number of aryl methyl sites for hydroxylation is 1. The first-order valence-electron chi connectivity index (χ1n) is 10.4. The predicted molar refractivity (Wildman–Crippen MR) is 118 cm³/mol. The first-order chi connectivity index (χ1) is 14.5. The van der Waals surface area contributed by atoms with E-state index in [1.807, 2.05) is 13.1 Å². The second-order valence-corrected chi connectivity index (χ2v) is 8.68. The lowest BCUT2D eigenvalue weighted by Crippen LogP contribution is -2.37. The number of aromatic nitrogens is 4. The minimum absolute atomic E-state index is 0.326. The first-order valence-corrected chi connectivity index (χ1v) is 10.8. The molecule has 30 heavy (non-hydrogen) atoms. The smallest absolute Gasteiger partial charge is 0.223 e. The molecule has 0 spiro atoms. The molecule has 0 aliphatic carbocycles. The van der Waals surface area contributed by atoms with Gasteiger partial charge in [-0.05, 0) is 51.5 Å². The van der Waals surface area contributed by atoms with E-state index in [2.05, 4.69) is 41.7 Å². The maximum atomic E-state index is 15.0. The third-order valence-corrected chi connectivity index (χ3v) is 6.35. The summed E-state index contributed by atoms with van der Waals surface area (Å²) < 4.78 is 17.1. The Labute approximate surface area is 179 Å². The van der Waals surface area contributed by atoms with Crippen molar-refractivity contribution in [1.82, 2.24) is 24.4 Å². The van der Waals surface area contributed by atoms with Gasteiger partial charge in [0.1, 0.15) is 5.52 Å². The summed E-state index contributed by atoms with van der Waals surface area (Å²) in [4.78, 5) is 17.9. The molecule has 0 atom stereocenters. The van der Waals surface area contributed by atoms with Gasteiger partial charge >= 0.3 is 0 Å². The number of benzene rings is 1. The molecule has 9 heteroatoms. The Bertz CT molecular complexity index is 1090. The molecule has 0 amide bonds. The van der Waals surface area contributed by atoms with E-state index in [-0.39, 0.29) is 5.82 Å². The van der Waals surface area contributed by atoms with Gasteiger partial charge in [-0.3, -0.25) is 0 Å². The summed E-state index contributed by atoms with van der Waals surface area (Å²) in [6.45, 7) is 3.82. The Balaban J connectivity index is 1.52. The van der Waals surface area contributed by atoms with Crippen LogP contribution in [0.25, 0.3) is 22.3 Å². The van der Waals surface area contributed by atoms with Gasteiger partial charge in [-0.2, -0.15) is 0 Å². The zero-order chi connectivity index (χ0) is 20.8. The number of nitrogens with zero attached hydrogens (tertiary/aromatic N) is 6. The number of likely N-dealkylation sites (tertiary alicyclic amines) is 1. The summed E-state index contributed by atoms with van der Waals surface area (Å²) in [5.74, 6) is 0.961. The van der Waals surface area contributed by atoms with Gasteiger partial charge < -0.3 is 19.7 Å². The Morgan fingerprint density at radius 3 is 2.70 bits per heavy atom. The zero-order valence-electron chi connectivity index (χ0n) is 17.2. The van der Waals surface area contributed by atoms with Crippen molar-refractivity contribution in [1.29, 1.82) is 0 Å². The van der Waals surface area contributed by atoms with Crippen molar-refractivity contribution in [2.75, 3.05) is 43.9 Å². The van der Waals surface area contributed by atoms with E-state index in [4.69, 9.17) is 11.6 Å². The number of nitrogens with one attached hydrogen (secondary N) is 1. The van der Waals surface area contributed by atoms with Crippen molar-refractivity contribution in [3.05, 3.63) is 29.2 Å². The van der Waals surface area contributed by atoms with Crippen LogP contribution in [0.2, 0.25) is 5.02 Å². The van der Waals surface area contributed by atoms with E-state index in [9.17, 15) is 4.39 Å². The highest BCUT2D eigenvalue weighted by molar-refractivity contribution is 6.33. The number of piperidine rings is 1. The molecule has 0 bridgehead atoms. The summed E-state index contributed by atoms with van der Waals surface area (Å²) in [5.41, 5.74) is 2.32. The fourth-order valence-electron chi connectivity index (χ4n) is 4.36. The number of hydrogen-bond acceptors (Lipinski definition) is 6. The molecule has 1 saturated heterocycles. The third-order valence-electron chi connectivity index (χ3n) is 6.07. The Morgan fingerprint density at radius 1 is 1.10 bits per heavy atom. The Hall–Kier alpha value is -2.45. The molecule has 2 aliphatic rings. The fourth-order valence-corrected chi connectivity index (χ4v) is 4.56. The zero-order valence-corrected chi connectivity index (χ0v) is 18.0. The number of fused-ring (bicyclic) bond motifs is 3. The van der Waals surface area contributed by atoms with Gasteiger partial charge in [0.2, 0.25) is 11.9 Å². The van der Waals surface area contributed by atoms with E-state index >= 15 is 0 Å². The average Bonchev–Trinajstić information content (AvgIpc) is 3.12. The van der Waals surface area contributed by atoms with Gasteiger partial charge in [0.15, 0.2) is 5.82 Å². The lowest BCUT2D eigenvalue weighted by Gasteiger charge is -2.29. The summed E-state index contributed by atoms with van der Waals surface area (Å²) in [6.07, 6.45) is 4.66. The number of rotatable bonds is 3. The van der Waals surface area contributed by atoms with E-state index < -0.39 is 0 Å².